The van der Waals surface area contributed by atoms with Gasteiger partial charge in [-0.3, -0.25) is 0 Å². The minimum atomic E-state index is -0.322. The minimum Gasteiger partial charge on any atom is -0.508 e. The van der Waals surface area contributed by atoms with Gasteiger partial charge in [0.1, 0.15) is 17.1 Å². The first kappa shape index (κ1) is 25.1. The third-order valence-electron chi connectivity index (χ3n) is 7.12. The molecule has 180 valence electrons. The SMILES string of the molecule is CCC(CCCC(C)c1ccc(OCC(=O)OC2(C)CCCCC2)cc1)c1ccc(O)cc1. The van der Waals surface area contributed by atoms with Crippen LogP contribution >= 0.6 is 0 Å². The Morgan fingerprint density at radius 2 is 1.61 bits per heavy atom. The van der Waals surface area contributed by atoms with E-state index in [0.29, 0.717) is 23.3 Å². The molecule has 2 unspecified atom stereocenters. The van der Waals surface area contributed by atoms with Gasteiger partial charge >= 0.3 is 5.97 Å². The van der Waals surface area contributed by atoms with Crippen LogP contribution in [0, 0.1) is 0 Å². The summed E-state index contributed by atoms with van der Waals surface area (Å²) in [5.41, 5.74) is 2.27. The number of aromatic hydroxyl groups is 1. The van der Waals surface area contributed by atoms with Gasteiger partial charge in [0.25, 0.3) is 0 Å². The Morgan fingerprint density at radius 3 is 2.24 bits per heavy atom. The number of phenolic OH excluding ortho intramolecular Hbond substituents is 1. The maximum Gasteiger partial charge on any atom is 0.344 e. The van der Waals surface area contributed by atoms with Crippen molar-refractivity contribution in [2.24, 2.45) is 0 Å². The van der Waals surface area contributed by atoms with Gasteiger partial charge in [-0.15, -0.1) is 0 Å². The molecule has 4 nitrogen and oxygen atoms in total. The molecular formula is C29H40O4. The Morgan fingerprint density at radius 1 is 0.970 bits per heavy atom. The van der Waals surface area contributed by atoms with Crippen LogP contribution in [0.5, 0.6) is 11.5 Å². The average Bonchev–Trinajstić information content (AvgIpc) is 2.81. The van der Waals surface area contributed by atoms with Gasteiger partial charge in [0.2, 0.25) is 0 Å². The lowest BCUT2D eigenvalue weighted by Gasteiger charge is -2.33. The predicted molar refractivity (Wildman–Crippen MR) is 133 cm³/mol. The van der Waals surface area contributed by atoms with E-state index in [4.69, 9.17) is 9.47 Å². The predicted octanol–water partition coefficient (Wildman–Crippen LogP) is 7.50. The number of rotatable bonds is 11. The van der Waals surface area contributed by atoms with E-state index in [2.05, 4.69) is 26.0 Å². The molecule has 0 bridgehead atoms. The summed E-state index contributed by atoms with van der Waals surface area (Å²) in [7, 11) is 0. The van der Waals surface area contributed by atoms with Crippen LogP contribution in [0.15, 0.2) is 48.5 Å². The Kier molecular flexibility index (Phi) is 9.22. The van der Waals surface area contributed by atoms with Crippen molar-refractivity contribution >= 4 is 5.97 Å². The van der Waals surface area contributed by atoms with Crippen LogP contribution in [-0.4, -0.2) is 23.3 Å². The molecule has 0 saturated heterocycles. The fourth-order valence-electron chi connectivity index (χ4n) is 4.93. The van der Waals surface area contributed by atoms with Crippen LogP contribution in [-0.2, 0) is 9.53 Å². The zero-order valence-corrected chi connectivity index (χ0v) is 20.5. The van der Waals surface area contributed by atoms with Gasteiger partial charge in [0.05, 0.1) is 0 Å². The Bertz CT molecular complexity index is 850. The molecule has 0 spiro atoms. The number of hydrogen-bond donors (Lipinski definition) is 1. The number of carbonyl (C=O) groups is 1. The highest BCUT2D eigenvalue weighted by molar-refractivity contribution is 5.71. The molecule has 1 aliphatic carbocycles. The molecule has 4 heteroatoms. The van der Waals surface area contributed by atoms with Gasteiger partial charge in [-0.05, 0) is 99.1 Å². The van der Waals surface area contributed by atoms with Crippen LogP contribution in [0.4, 0.5) is 0 Å². The van der Waals surface area contributed by atoms with E-state index in [1.165, 1.54) is 17.5 Å². The van der Waals surface area contributed by atoms with Crippen molar-refractivity contribution < 1.29 is 19.4 Å². The zero-order chi connectivity index (χ0) is 23.7. The van der Waals surface area contributed by atoms with Crippen LogP contribution in [0.25, 0.3) is 0 Å². The van der Waals surface area contributed by atoms with Gasteiger partial charge in [-0.1, -0.05) is 51.0 Å². The molecule has 33 heavy (non-hydrogen) atoms. The van der Waals surface area contributed by atoms with Crippen molar-refractivity contribution in [2.45, 2.75) is 96.0 Å². The minimum absolute atomic E-state index is 0.0415. The molecule has 2 atom stereocenters. The summed E-state index contributed by atoms with van der Waals surface area (Å²) in [5.74, 6) is 1.74. The van der Waals surface area contributed by atoms with Crippen LogP contribution in [0.3, 0.4) is 0 Å². The number of benzene rings is 2. The monoisotopic (exact) mass is 452 g/mol. The zero-order valence-electron chi connectivity index (χ0n) is 20.5. The maximum absolute atomic E-state index is 12.2. The van der Waals surface area contributed by atoms with Crippen LogP contribution in [0.2, 0.25) is 0 Å². The van der Waals surface area contributed by atoms with Crippen molar-refractivity contribution in [1.82, 2.24) is 0 Å². The normalized spacial score (nSPS) is 17.2. The molecular weight excluding hydrogens is 412 g/mol. The second-order valence-electron chi connectivity index (χ2n) is 9.87. The van der Waals surface area contributed by atoms with Crippen molar-refractivity contribution in [2.75, 3.05) is 6.61 Å². The molecule has 1 saturated carbocycles. The summed E-state index contributed by atoms with van der Waals surface area (Å²) < 4.78 is 11.4. The van der Waals surface area contributed by atoms with Gasteiger partial charge in [-0.2, -0.15) is 0 Å². The Balaban J connectivity index is 1.41. The molecule has 1 aliphatic rings. The largest absolute Gasteiger partial charge is 0.508 e. The summed E-state index contributed by atoms with van der Waals surface area (Å²) in [4.78, 5) is 12.2. The Hall–Kier alpha value is -2.49. The van der Waals surface area contributed by atoms with Crippen molar-refractivity contribution in [3.05, 3.63) is 59.7 Å². The van der Waals surface area contributed by atoms with Gasteiger partial charge in [0, 0.05) is 0 Å². The smallest absolute Gasteiger partial charge is 0.344 e. The third-order valence-corrected chi connectivity index (χ3v) is 7.12. The summed E-state index contributed by atoms with van der Waals surface area (Å²) in [5, 5.41) is 9.51. The van der Waals surface area contributed by atoms with E-state index < -0.39 is 0 Å². The summed E-state index contributed by atoms with van der Waals surface area (Å²) >= 11 is 0. The van der Waals surface area contributed by atoms with E-state index in [0.717, 1.165) is 51.4 Å². The second-order valence-corrected chi connectivity index (χ2v) is 9.87. The van der Waals surface area contributed by atoms with Gasteiger partial charge in [0.15, 0.2) is 6.61 Å². The summed E-state index contributed by atoms with van der Waals surface area (Å²) in [6.45, 7) is 6.48. The molecule has 0 aromatic heterocycles. The van der Waals surface area contributed by atoms with E-state index >= 15 is 0 Å². The molecule has 3 rings (SSSR count). The quantitative estimate of drug-likeness (QED) is 0.359. The fraction of sp³-hybridized carbons (Fsp3) is 0.552. The lowest BCUT2D eigenvalue weighted by atomic mass is 9.86. The fourth-order valence-corrected chi connectivity index (χ4v) is 4.93. The van der Waals surface area contributed by atoms with Gasteiger partial charge in [-0.25, -0.2) is 4.79 Å². The summed E-state index contributed by atoms with van der Waals surface area (Å²) in [6.07, 6.45) is 9.90. The Labute approximate surface area is 199 Å². The number of carbonyl (C=O) groups excluding carboxylic acids is 1. The highest BCUT2D eigenvalue weighted by atomic mass is 16.6. The van der Waals surface area contributed by atoms with E-state index in [9.17, 15) is 9.90 Å². The standard InChI is InChI=1S/C29H40O4/c1-4-23(25-11-15-26(30)16-12-25)10-8-9-22(2)24-13-17-27(18-14-24)32-21-28(31)33-29(3)19-6-5-7-20-29/h11-18,22-23,30H,4-10,19-21H2,1-3H3. The molecule has 2 aromatic rings. The lowest BCUT2D eigenvalue weighted by molar-refractivity contribution is -0.163. The molecule has 0 amide bonds. The second kappa shape index (κ2) is 12.1. The molecule has 0 radical (unpaired) electrons. The van der Waals surface area contributed by atoms with E-state index in [1.807, 2.05) is 31.2 Å². The first-order chi connectivity index (χ1) is 15.9. The number of phenols is 1. The van der Waals surface area contributed by atoms with Crippen molar-refractivity contribution in [3.8, 4) is 11.5 Å². The highest BCUT2D eigenvalue weighted by Crippen LogP contribution is 2.32. The first-order valence-corrected chi connectivity index (χ1v) is 12.6. The van der Waals surface area contributed by atoms with Crippen LogP contribution < -0.4 is 4.74 Å². The lowest BCUT2D eigenvalue weighted by Crippen LogP contribution is -2.35. The molecule has 0 aliphatic heterocycles. The topological polar surface area (TPSA) is 55.8 Å². The summed E-state index contributed by atoms with van der Waals surface area (Å²) in [6, 6.07) is 15.7. The third kappa shape index (κ3) is 7.80. The number of hydrogen-bond acceptors (Lipinski definition) is 4. The molecule has 2 aromatic carbocycles. The maximum atomic E-state index is 12.2. The average molecular weight is 453 g/mol. The molecule has 1 fully saturated rings. The van der Waals surface area contributed by atoms with Crippen molar-refractivity contribution in [3.63, 3.8) is 0 Å². The number of esters is 1. The van der Waals surface area contributed by atoms with E-state index in [1.54, 1.807) is 12.1 Å². The number of ether oxygens (including phenoxy) is 2. The molecule has 1 N–H and O–H groups in total. The van der Waals surface area contributed by atoms with Crippen LogP contribution in [0.1, 0.15) is 102 Å². The first-order valence-electron chi connectivity index (χ1n) is 12.6. The van der Waals surface area contributed by atoms with Crippen molar-refractivity contribution in [1.29, 1.82) is 0 Å². The van der Waals surface area contributed by atoms with Gasteiger partial charge < -0.3 is 14.6 Å². The highest BCUT2D eigenvalue weighted by Gasteiger charge is 2.30. The molecule has 0 heterocycles. The van der Waals surface area contributed by atoms with E-state index in [-0.39, 0.29) is 18.2 Å².